The summed E-state index contributed by atoms with van der Waals surface area (Å²) >= 11 is 0. The molecule has 5 heteroatoms. The lowest BCUT2D eigenvalue weighted by atomic mass is 10.1. The van der Waals surface area contributed by atoms with Gasteiger partial charge < -0.3 is 15.3 Å². The summed E-state index contributed by atoms with van der Waals surface area (Å²) in [5, 5.41) is 12.1. The monoisotopic (exact) mass is 248 g/mol. The number of nitrogens with zero attached hydrogens (tertiary/aromatic N) is 1. The van der Waals surface area contributed by atoms with E-state index in [1.54, 1.807) is 37.1 Å². The van der Waals surface area contributed by atoms with Gasteiger partial charge in [0, 0.05) is 19.3 Å². The van der Waals surface area contributed by atoms with Crippen molar-refractivity contribution in [2.75, 3.05) is 18.9 Å². The van der Waals surface area contributed by atoms with Crippen molar-refractivity contribution in [1.29, 1.82) is 0 Å². The fraction of sp³-hybridized carbons (Fsp3) is 0.385. The summed E-state index contributed by atoms with van der Waals surface area (Å²) in [7, 11) is 1.78. The number of hydrogen-bond donors (Lipinski definition) is 2. The van der Waals surface area contributed by atoms with Crippen LogP contribution in [0.3, 0.4) is 0 Å². The van der Waals surface area contributed by atoms with E-state index in [4.69, 9.17) is 5.11 Å². The highest BCUT2D eigenvalue weighted by atomic mass is 16.4. The Morgan fingerprint density at radius 1 is 1.50 bits per heavy atom. The van der Waals surface area contributed by atoms with Gasteiger partial charge in [0.1, 0.15) is 6.04 Å². The quantitative estimate of drug-likeness (QED) is 0.846. The molecule has 1 unspecified atom stereocenters. The van der Waals surface area contributed by atoms with Gasteiger partial charge in [0.2, 0.25) is 5.91 Å². The molecule has 0 bridgehead atoms. The lowest BCUT2D eigenvalue weighted by molar-refractivity contribution is -0.127. The van der Waals surface area contributed by atoms with Gasteiger partial charge in [-0.25, -0.2) is 4.79 Å². The average molecular weight is 248 g/mol. The number of carbonyl (C=O) groups is 2. The third-order valence-corrected chi connectivity index (χ3v) is 3.23. The number of nitrogens with one attached hydrogen (secondary N) is 1. The van der Waals surface area contributed by atoms with Gasteiger partial charge in [-0.3, -0.25) is 4.79 Å². The van der Waals surface area contributed by atoms with Crippen LogP contribution in [0, 0.1) is 6.92 Å². The summed E-state index contributed by atoms with van der Waals surface area (Å²) < 4.78 is 0. The Morgan fingerprint density at radius 3 is 2.72 bits per heavy atom. The van der Waals surface area contributed by atoms with Crippen LogP contribution < -0.4 is 5.32 Å². The Hall–Kier alpha value is -2.04. The molecule has 0 aliphatic carbocycles. The standard InChI is InChI=1S/C13H16N2O3/c1-8-7-9(3-4-10(8)13(17)18)14-11-5-6-15(2)12(11)16/h3-4,7,11,14H,5-6H2,1-2H3,(H,17,18). The Bertz CT molecular complexity index is 499. The minimum Gasteiger partial charge on any atom is -0.478 e. The van der Waals surface area contributed by atoms with E-state index in [1.165, 1.54) is 0 Å². The van der Waals surface area contributed by atoms with Crippen LogP contribution in [-0.2, 0) is 4.79 Å². The second-order valence-corrected chi connectivity index (χ2v) is 4.58. The van der Waals surface area contributed by atoms with Crippen LogP contribution in [0.4, 0.5) is 5.69 Å². The fourth-order valence-corrected chi connectivity index (χ4v) is 2.15. The minimum atomic E-state index is -0.935. The van der Waals surface area contributed by atoms with Gasteiger partial charge in [-0.1, -0.05) is 0 Å². The normalized spacial score (nSPS) is 19.1. The number of carbonyl (C=O) groups excluding carboxylic acids is 1. The number of aryl methyl sites for hydroxylation is 1. The molecular formula is C13H16N2O3. The third-order valence-electron chi connectivity index (χ3n) is 3.23. The summed E-state index contributed by atoms with van der Waals surface area (Å²) in [5.41, 5.74) is 1.76. The molecule has 1 fully saturated rings. The molecule has 18 heavy (non-hydrogen) atoms. The van der Waals surface area contributed by atoms with E-state index >= 15 is 0 Å². The molecule has 1 amide bonds. The molecule has 1 aliphatic heterocycles. The number of likely N-dealkylation sites (N-methyl/N-ethyl adjacent to an activating group) is 1. The van der Waals surface area contributed by atoms with Crippen LogP contribution >= 0.6 is 0 Å². The summed E-state index contributed by atoms with van der Waals surface area (Å²) in [6.07, 6.45) is 0.773. The lowest BCUT2D eigenvalue weighted by Crippen LogP contribution is -2.30. The zero-order chi connectivity index (χ0) is 13.3. The molecule has 0 aromatic heterocycles. The van der Waals surface area contributed by atoms with Crippen molar-refractivity contribution in [2.24, 2.45) is 0 Å². The number of carboxylic acid groups (broad SMARTS) is 1. The van der Waals surface area contributed by atoms with Crippen LogP contribution in [0.1, 0.15) is 22.3 Å². The average Bonchev–Trinajstić information content (AvgIpc) is 2.61. The van der Waals surface area contributed by atoms with E-state index in [0.29, 0.717) is 5.56 Å². The van der Waals surface area contributed by atoms with E-state index in [0.717, 1.165) is 18.7 Å². The van der Waals surface area contributed by atoms with Crippen LogP contribution in [0.2, 0.25) is 0 Å². The molecular weight excluding hydrogens is 232 g/mol. The van der Waals surface area contributed by atoms with E-state index < -0.39 is 5.97 Å². The van der Waals surface area contributed by atoms with Crippen molar-refractivity contribution >= 4 is 17.6 Å². The van der Waals surface area contributed by atoms with Crippen LogP contribution in [-0.4, -0.2) is 41.5 Å². The van der Waals surface area contributed by atoms with Gasteiger partial charge >= 0.3 is 5.97 Å². The van der Waals surface area contributed by atoms with Crippen molar-refractivity contribution < 1.29 is 14.7 Å². The van der Waals surface area contributed by atoms with Crippen molar-refractivity contribution in [3.05, 3.63) is 29.3 Å². The van der Waals surface area contributed by atoms with E-state index in [1.807, 2.05) is 0 Å². The second-order valence-electron chi connectivity index (χ2n) is 4.58. The largest absolute Gasteiger partial charge is 0.478 e. The molecule has 1 heterocycles. The van der Waals surface area contributed by atoms with Crippen molar-refractivity contribution in [1.82, 2.24) is 4.90 Å². The highest BCUT2D eigenvalue weighted by Gasteiger charge is 2.28. The molecule has 0 spiro atoms. The van der Waals surface area contributed by atoms with Crippen LogP contribution in [0.25, 0.3) is 0 Å². The smallest absolute Gasteiger partial charge is 0.335 e. The maximum atomic E-state index is 11.7. The van der Waals surface area contributed by atoms with Gasteiger partial charge in [0.15, 0.2) is 0 Å². The first-order valence-corrected chi connectivity index (χ1v) is 5.84. The molecule has 1 aliphatic rings. The van der Waals surface area contributed by atoms with Gasteiger partial charge in [-0.15, -0.1) is 0 Å². The Balaban J connectivity index is 2.14. The number of aromatic carboxylic acids is 1. The zero-order valence-corrected chi connectivity index (χ0v) is 10.4. The number of rotatable bonds is 3. The van der Waals surface area contributed by atoms with Crippen molar-refractivity contribution in [2.45, 2.75) is 19.4 Å². The van der Waals surface area contributed by atoms with Gasteiger partial charge in [0.25, 0.3) is 0 Å². The van der Waals surface area contributed by atoms with Gasteiger partial charge in [-0.05, 0) is 37.1 Å². The first kappa shape index (κ1) is 12.4. The summed E-state index contributed by atoms with van der Waals surface area (Å²) in [6, 6.07) is 4.81. The van der Waals surface area contributed by atoms with E-state index in [-0.39, 0.29) is 17.5 Å². The predicted octanol–water partition coefficient (Wildman–Crippen LogP) is 1.34. The van der Waals surface area contributed by atoms with E-state index in [2.05, 4.69) is 5.32 Å². The highest BCUT2D eigenvalue weighted by Crippen LogP contribution is 2.19. The molecule has 1 aromatic rings. The van der Waals surface area contributed by atoms with Crippen LogP contribution in [0.15, 0.2) is 18.2 Å². The number of carboxylic acids is 1. The zero-order valence-electron chi connectivity index (χ0n) is 10.4. The highest BCUT2D eigenvalue weighted by molar-refractivity contribution is 5.90. The molecule has 5 nitrogen and oxygen atoms in total. The number of likely N-dealkylation sites (tertiary alicyclic amines) is 1. The maximum absolute atomic E-state index is 11.7. The van der Waals surface area contributed by atoms with E-state index in [9.17, 15) is 9.59 Å². The Morgan fingerprint density at radius 2 is 2.22 bits per heavy atom. The lowest BCUT2D eigenvalue weighted by Gasteiger charge is -2.14. The molecule has 1 aromatic carbocycles. The summed E-state index contributed by atoms with van der Waals surface area (Å²) in [5.74, 6) is -0.856. The molecule has 1 atom stereocenters. The molecule has 96 valence electrons. The molecule has 0 radical (unpaired) electrons. The number of benzene rings is 1. The first-order chi connectivity index (χ1) is 8.49. The minimum absolute atomic E-state index is 0.0787. The van der Waals surface area contributed by atoms with Crippen molar-refractivity contribution in [3.63, 3.8) is 0 Å². The topological polar surface area (TPSA) is 69.6 Å². The number of amides is 1. The Kier molecular flexibility index (Phi) is 3.23. The van der Waals surface area contributed by atoms with Crippen molar-refractivity contribution in [3.8, 4) is 0 Å². The summed E-state index contributed by atoms with van der Waals surface area (Å²) in [6.45, 7) is 2.50. The maximum Gasteiger partial charge on any atom is 0.335 e. The Labute approximate surface area is 105 Å². The van der Waals surface area contributed by atoms with Gasteiger partial charge in [-0.2, -0.15) is 0 Å². The number of anilines is 1. The molecule has 2 rings (SSSR count). The fourth-order valence-electron chi connectivity index (χ4n) is 2.15. The second kappa shape index (κ2) is 4.68. The van der Waals surface area contributed by atoms with Gasteiger partial charge in [0.05, 0.1) is 5.56 Å². The molecule has 2 N–H and O–H groups in total. The first-order valence-electron chi connectivity index (χ1n) is 5.84. The SMILES string of the molecule is Cc1cc(NC2CCN(C)C2=O)ccc1C(=O)O. The predicted molar refractivity (Wildman–Crippen MR) is 67.8 cm³/mol. The van der Waals surface area contributed by atoms with Crippen LogP contribution in [0.5, 0.6) is 0 Å². The third kappa shape index (κ3) is 2.30. The molecule has 0 saturated carbocycles. The summed E-state index contributed by atoms with van der Waals surface area (Å²) in [4.78, 5) is 24.3. The molecule has 1 saturated heterocycles. The number of hydrogen-bond acceptors (Lipinski definition) is 3.